The molecule has 0 N–H and O–H groups in total. The zero-order valence-corrected chi connectivity index (χ0v) is 43.8. The fourth-order valence-corrected chi connectivity index (χ4v) is 12.5. The largest absolute Gasteiger partial charge is 0.311 e. The Hall–Kier alpha value is -10.6. The van der Waals surface area contributed by atoms with Crippen LogP contribution in [0.1, 0.15) is 0 Å². The molecule has 0 saturated heterocycles. The van der Waals surface area contributed by atoms with E-state index in [9.17, 15) is 0 Å². The van der Waals surface area contributed by atoms with Crippen LogP contribution in [0.3, 0.4) is 0 Å². The Bertz CT molecular complexity index is 4020. The molecule has 6 heteroatoms. The average Bonchev–Trinajstić information content (AvgIpc) is 3.67. The van der Waals surface area contributed by atoms with Gasteiger partial charge in [-0.1, -0.05) is 194 Å². The van der Waals surface area contributed by atoms with Crippen molar-refractivity contribution in [3.63, 3.8) is 0 Å². The van der Waals surface area contributed by atoms with Crippen molar-refractivity contribution in [3.05, 3.63) is 315 Å². The molecule has 0 spiro atoms. The average molecular weight is 1020 g/mol. The van der Waals surface area contributed by atoms with Gasteiger partial charge >= 0.3 is 0 Å². The van der Waals surface area contributed by atoms with Gasteiger partial charge in [0.1, 0.15) is 0 Å². The summed E-state index contributed by atoms with van der Waals surface area (Å²) in [5.41, 5.74) is 20.0. The summed E-state index contributed by atoms with van der Waals surface area (Å²) < 4.78 is 0. The number of anilines is 15. The predicted octanol–water partition coefficient (Wildman–Crippen LogP) is 18.5. The third-order valence-corrected chi connectivity index (χ3v) is 15.9. The van der Waals surface area contributed by atoms with Gasteiger partial charge in [-0.15, -0.1) is 0 Å². The SMILES string of the molecule is c1ccc(N(c2ccccc2)c2ccc3c(c2)N(c2cccc4ccccc24)c2cc(N(c4ccccc4)c4ccccc4)cc4c2B3c2ccc(N(c3ccccc3)c3ccccc3)cc2N4c2cccc3ccccc23)cc1. The normalized spacial score (nSPS) is 12.2. The summed E-state index contributed by atoms with van der Waals surface area (Å²) in [5, 5.41) is 4.70. The molecule has 0 radical (unpaired) electrons. The molecule has 13 aromatic rings. The Labute approximate surface area is 467 Å². The summed E-state index contributed by atoms with van der Waals surface area (Å²) in [4.78, 5) is 12.4. The maximum absolute atomic E-state index is 2.58. The standard InChI is InChI=1S/C74H52BN5/c1-7-29-55(30-8-1)76(56-31-9-2-10-32-56)61-45-47-66-70(49-61)79(68-43-23-27-53-25-19-21-41-64(53)68)72-51-63(78(59-37-15-5-16-38-59)60-39-17-6-18-40-60)52-73-74(72)75(66)67-48-46-62(77(57-33-11-3-12-34-57)58-35-13-4-14-36-58)50-71(67)80(73)69-44-24-28-54-26-20-22-42-65(54)69/h1-52H. The van der Waals surface area contributed by atoms with Crippen LogP contribution in [0.15, 0.2) is 315 Å². The number of rotatable bonds is 11. The van der Waals surface area contributed by atoms with E-state index in [-0.39, 0.29) is 6.71 Å². The highest BCUT2D eigenvalue weighted by Crippen LogP contribution is 2.52. The third kappa shape index (κ3) is 7.96. The van der Waals surface area contributed by atoms with Gasteiger partial charge in [0.05, 0.1) is 17.1 Å². The predicted molar refractivity (Wildman–Crippen MR) is 340 cm³/mol. The second kappa shape index (κ2) is 19.8. The molecule has 0 aromatic heterocycles. The quantitative estimate of drug-likeness (QED) is 0.120. The van der Waals surface area contributed by atoms with Gasteiger partial charge in [0, 0.05) is 79.0 Å². The van der Waals surface area contributed by atoms with Crippen LogP contribution in [0.25, 0.3) is 21.5 Å². The molecule has 15 rings (SSSR count). The first kappa shape index (κ1) is 46.7. The van der Waals surface area contributed by atoms with Gasteiger partial charge in [0.15, 0.2) is 0 Å². The molecule has 0 unspecified atom stereocenters. The molecule has 0 amide bonds. The van der Waals surface area contributed by atoms with Crippen molar-refractivity contribution in [2.24, 2.45) is 0 Å². The van der Waals surface area contributed by atoms with Gasteiger partial charge in [0.25, 0.3) is 6.71 Å². The van der Waals surface area contributed by atoms with Crippen LogP contribution in [0.2, 0.25) is 0 Å². The van der Waals surface area contributed by atoms with E-state index in [1.54, 1.807) is 0 Å². The molecule has 376 valence electrons. The van der Waals surface area contributed by atoms with E-state index in [0.717, 1.165) is 85.3 Å². The molecule has 13 aromatic carbocycles. The Morgan fingerprint density at radius 1 is 0.212 bits per heavy atom. The van der Waals surface area contributed by atoms with E-state index in [0.29, 0.717) is 0 Å². The zero-order chi connectivity index (χ0) is 52.9. The Kier molecular flexibility index (Phi) is 11.6. The van der Waals surface area contributed by atoms with E-state index in [1.807, 2.05) is 0 Å². The number of para-hydroxylation sites is 6. The first-order chi connectivity index (χ1) is 39.7. The van der Waals surface area contributed by atoms with Gasteiger partial charge in [-0.05, 0) is 148 Å². The summed E-state index contributed by atoms with van der Waals surface area (Å²) in [5.74, 6) is 0. The monoisotopic (exact) mass is 1020 g/mol. The van der Waals surface area contributed by atoms with Gasteiger partial charge in [-0.25, -0.2) is 0 Å². The van der Waals surface area contributed by atoms with Crippen LogP contribution in [-0.2, 0) is 0 Å². The molecule has 2 aliphatic heterocycles. The molecule has 0 atom stereocenters. The number of nitrogens with zero attached hydrogens (tertiary/aromatic N) is 5. The van der Waals surface area contributed by atoms with Crippen LogP contribution >= 0.6 is 0 Å². The minimum atomic E-state index is -0.176. The molecule has 2 aliphatic rings. The Morgan fingerprint density at radius 2 is 0.500 bits per heavy atom. The minimum absolute atomic E-state index is 0.176. The lowest BCUT2D eigenvalue weighted by atomic mass is 9.33. The van der Waals surface area contributed by atoms with Crippen molar-refractivity contribution in [2.45, 2.75) is 0 Å². The van der Waals surface area contributed by atoms with Crippen LogP contribution in [0.4, 0.5) is 85.3 Å². The van der Waals surface area contributed by atoms with Crippen molar-refractivity contribution in [2.75, 3.05) is 24.5 Å². The van der Waals surface area contributed by atoms with Gasteiger partial charge < -0.3 is 24.5 Å². The summed E-state index contributed by atoms with van der Waals surface area (Å²) in [6, 6.07) is 115. The minimum Gasteiger partial charge on any atom is -0.311 e. The van der Waals surface area contributed by atoms with Crippen LogP contribution in [0.5, 0.6) is 0 Å². The highest BCUT2D eigenvalue weighted by molar-refractivity contribution is 7.00. The van der Waals surface area contributed by atoms with Crippen molar-refractivity contribution in [1.29, 1.82) is 0 Å². The smallest absolute Gasteiger partial charge is 0.252 e. The first-order valence-corrected chi connectivity index (χ1v) is 27.5. The van der Waals surface area contributed by atoms with E-state index >= 15 is 0 Å². The fraction of sp³-hybridized carbons (Fsp3) is 0. The molecule has 2 heterocycles. The van der Waals surface area contributed by atoms with E-state index in [1.165, 1.54) is 37.9 Å². The Balaban J connectivity index is 1.09. The number of hydrogen-bond donors (Lipinski definition) is 0. The first-order valence-electron chi connectivity index (χ1n) is 27.5. The molecular formula is C74H52BN5. The number of benzene rings is 13. The van der Waals surface area contributed by atoms with Crippen molar-refractivity contribution >= 4 is 130 Å². The third-order valence-electron chi connectivity index (χ3n) is 15.9. The highest BCUT2D eigenvalue weighted by atomic mass is 15.2. The lowest BCUT2D eigenvalue weighted by Crippen LogP contribution is -2.61. The highest BCUT2D eigenvalue weighted by Gasteiger charge is 2.45. The van der Waals surface area contributed by atoms with Crippen molar-refractivity contribution in [1.82, 2.24) is 0 Å². The number of hydrogen-bond acceptors (Lipinski definition) is 5. The van der Waals surface area contributed by atoms with Crippen LogP contribution in [0, 0.1) is 0 Å². The summed E-state index contributed by atoms with van der Waals surface area (Å²) in [7, 11) is 0. The van der Waals surface area contributed by atoms with E-state index in [4.69, 9.17) is 0 Å². The molecule has 0 fully saturated rings. The maximum atomic E-state index is 2.58. The fourth-order valence-electron chi connectivity index (χ4n) is 12.5. The van der Waals surface area contributed by atoms with E-state index in [2.05, 4.69) is 340 Å². The molecule has 0 aliphatic carbocycles. The lowest BCUT2D eigenvalue weighted by Gasteiger charge is -2.46. The van der Waals surface area contributed by atoms with E-state index < -0.39 is 0 Å². The molecule has 0 saturated carbocycles. The van der Waals surface area contributed by atoms with Crippen LogP contribution in [-0.4, -0.2) is 6.71 Å². The zero-order valence-electron chi connectivity index (χ0n) is 43.8. The maximum Gasteiger partial charge on any atom is 0.252 e. The summed E-state index contributed by atoms with van der Waals surface area (Å²) in [6.45, 7) is -0.176. The van der Waals surface area contributed by atoms with Crippen LogP contribution < -0.4 is 40.9 Å². The lowest BCUT2D eigenvalue weighted by molar-refractivity contribution is 1.22. The molecular weight excluding hydrogens is 970 g/mol. The second-order valence-electron chi connectivity index (χ2n) is 20.5. The van der Waals surface area contributed by atoms with Crippen molar-refractivity contribution in [3.8, 4) is 0 Å². The summed E-state index contributed by atoms with van der Waals surface area (Å²) >= 11 is 0. The summed E-state index contributed by atoms with van der Waals surface area (Å²) in [6.07, 6.45) is 0. The van der Waals surface area contributed by atoms with Crippen molar-refractivity contribution < 1.29 is 0 Å². The molecule has 5 nitrogen and oxygen atoms in total. The van der Waals surface area contributed by atoms with Gasteiger partial charge in [-0.3, -0.25) is 0 Å². The molecule has 80 heavy (non-hydrogen) atoms. The van der Waals surface area contributed by atoms with Gasteiger partial charge in [-0.2, -0.15) is 0 Å². The second-order valence-corrected chi connectivity index (χ2v) is 20.5. The molecule has 0 bridgehead atoms. The Morgan fingerprint density at radius 3 is 0.850 bits per heavy atom. The number of fused-ring (bicyclic) bond motifs is 6. The topological polar surface area (TPSA) is 16.2 Å². The van der Waals surface area contributed by atoms with Gasteiger partial charge in [0.2, 0.25) is 0 Å².